The molecule has 0 spiro atoms. The third-order valence-electron chi connectivity index (χ3n) is 3.26. The van der Waals surface area contributed by atoms with Crippen LogP contribution in [0.25, 0.3) is 11.0 Å². The molecular formula is C16H12FNO2. The van der Waals surface area contributed by atoms with Crippen LogP contribution in [0, 0.1) is 19.7 Å². The Kier molecular flexibility index (Phi) is 2.86. The standard InChI is InChI=1S/C16H12FNO2/c1-9-3-4-14-13(5-9)10(2)16(20-14)15(19)11-6-12(17)8-18-7-11/h3-8H,1-2H3. The van der Waals surface area contributed by atoms with Gasteiger partial charge in [0.05, 0.1) is 6.20 Å². The largest absolute Gasteiger partial charge is 0.452 e. The highest BCUT2D eigenvalue weighted by atomic mass is 19.1. The first kappa shape index (κ1) is 12.5. The Morgan fingerprint density at radius 1 is 1.20 bits per heavy atom. The maximum Gasteiger partial charge on any atom is 0.230 e. The molecule has 20 heavy (non-hydrogen) atoms. The van der Waals surface area contributed by atoms with E-state index in [1.54, 1.807) is 0 Å². The molecule has 0 saturated carbocycles. The molecule has 0 atom stereocenters. The van der Waals surface area contributed by atoms with Gasteiger partial charge in [0.1, 0.15) is 11.4 Å². The summed E-state index contributed by atoms with van der Waals surface area (Å²) < 4.78 is 18.8. The van der Waals surface area contributed by atoms with Crippen molar-refractivity contribution in [3.8, 4) is 0 Å². The average Bonchev–Trinajstić information content (AvgIpc) is 2.75. The van der Waals surface area contributed by atoms with Crippen LogP contribution in [0.2, 0.25) is 0 Å². The first-order valence-corrected chi connectivity index (χ1v) is 6.21. The number of aryl methyl sites for hydroxylation is 2. The van der Waals surface area contributed by atoms with E-state index in [0.717, 1.165) is 28.8 Å². The fourth-order valence-electron chi connectivity index (χ4n) is 2.22. The average molecular weight is 269 g/mol. The summed E-state index contributed by atoms with van der Waals surface area (Å²) in [5, 5.41) is 0.901. The van der Waals surface area contributed by atoms with Gasteiger partial charge in [-0.05, 0) is 32.0 Å². The van der Waals surface area contributed by atoms with E-state index in [1.165, 1.54) is 6.20 Å². The van der Waals surface area contributed by atoms with Gasteiger partial charge in [0.25, 0.3) is 0 Å². The molecule has 3 aromatic rings. The molecule has 1 aromatic carbocycles. The van der Waals surface area contributed by atoms with Crippen molar-refractivity contribution in [2.24, 2.45) is 0 Å². The van der Waals surface area contributed by atoms with Gasteiger partial charge in [-0.2, -0.15) is 0 Å². The smallest absolute Gasteiger partial charge is 0.230 e. The Balaban J connectivity index is 2.15. The molecule has 0 aliphatic rings. The predicted octanol–water partition coefficient (Wildman–Crippen LogP) is 3.81. The number of carbonyl (C=O) groups excluding carboxylic acids is 1. The van der Waals surface area contributed by atoms with E-state index in [-0.39, 0.29) is 17.1 Å². The van der Waals surface area contributed by atoms with Crippen molar-refractivity contribution in [1.82, 2.24) is 4.98 Å². The molecular weight excluding hydrogens is 257 g/mol. The summed E-state index contributed by atoms with van der Waals surface area (Å²) in [5.41, 5.74) is 2.69. The normalized spacial score (nSPS) is 10.9. The quantitative estimate of drug-likeness (QED) is 0.664. The number of benzene rings is 1. The molecule has 0 aliphatic heterocycles. The first-order valence-electron chi connectivity index (χ1n) is 6.21. The van der Waals surface area contributed by atoms with Crippen LogP contribution in [0.3, 0.4) is 0 Å². The van der Waals surface area contributed by atoms with E-state index in [0.29, 0.717) is 5.58 Å². The number of ketones is 1. The molecule has 0 bridgehead atoms. The van der Waals surface area contributed by atoms with Crippen LogP contribution in [-0.4, -0.2) is 10.8 Å². The zero-order valence-corrected chi connectivity index (χ0v) is 11.1. The summed E-state index contributed by atoms with van der Waals surface area (Å²) in [5.74, 6) is -0.665. The van der Waals surface area contributed by atoms with E-state index in [4.69, 9.17) is 4.42 Å². The number of hydrogen-bond donors (Lipinski definition) is 0. The van der Waals surface area contributed by atoms with Crippen molar-refractivity contribution in [3.05, 3.63) is 64.9 Å². The number of aromatic nitrogens is 1. The second-order valence-electron chi connectivity index (χ2n) is 4.78. The Morgan fingerprint density at radius 2 is 2.00 bits per heavy atom. The molecule has 2 heterocycles. The highest BCUT2D eigenvalue weighted by Crippen LogP contribution is 2.27. The monoisotopic (exact) mass is 269 g/mol. The highest BCUT2D eigenvalue weighted by molar-refractivity contribution is 6.10. The second kappa shape index (κ2) is 4.56. The minimum absolute atomic E-state index is 0.184. The minimum Gasteiger partial charge on any atom is -0.452 e. The van der Waals surface area contributed by atoms with Gasteiger partial charge < -0.3 is 4.42 Å². The van der Waals surface area contributed by atoms with Crippen molar-refractivity contribution in [2.45, 2.75) is 13.8 Å². The number of rotatable bonds is 2. The summed E-state index contributed by atoms with van der Waals surface area (Å²) >= 11 is 0. The summed E-state index contributed by atoms with van der Waals surface area (Å²) in [6.45, 7) is 3.80. The molecule has 0 amide bonds. The number of hydrogen-bond acceptors (Lipinski definition) is 3. The van der Waals surface area contributed by atoms with Crippen molar-refractivity contribution in [2.75, 3.05) is 0 Å². The van der Waals surface area contributed by atoms with E-state index >= 15 is 0 Å². The van der Waals surface area contributed by atoms with Crippen LogP contribution in [0.5, 0.6) is 0 Å². The van der Waals surface area contributed by atoms with Crippen molar-refractivity contribution < 1.29 is 13.6 Å². The number of pyridine rings is 1. The van der Waals surface area contributed by atoms with Gasteiger partial charge in [-0.25, -0.2) is 4.39 Å². The van der Waals surface area contributed by atoms with Crippen LogP contribution in [0.15, 0.2) is 41.1 Å². The Labute approximate surface area is 115 Å². The molecule has 0 fully saturated rings. The van der Waals surface area contributed by atoms with Gasteiger partial charge in [-0.3, -0.25) is 9.78 Å². The minimum atomic E-state index is -0.541. The fraction of sp³-hybridized carbons (Fsp3) is 0.125. The number of furan rings is 1. The first-order chi connectivity index (χ1) is 9.56. The Hall–Kier alpha value is -2.49. The van der Waals surface area contributed by atoms with Crippen LogP contribution in [0.1, 0.15) is 27.2 Å². The molecule has 3 rings (SSSR count). The Morgan fingerprint density at radius 3 is 2.75 bits per heavy atom. The number of nitrogens with zero attached hydrogens (tertiary/aromatic N) is 1. The molecule has 0 unspecified atom stereocenters. The lowest BCUT2D eigenvalue weighted by molar-refractivity contribution is 0.101. The lowest BCUT2D eigenvalue weighted by Gasteiger charge is -1.98. The van der Waals surface area contributed by atoms with E-state index < -0.39 is 5.82 Å². The summed E-state index contributed by atoms with van der Waals surface area (Å²) in [7, 11) is 0. The van der Waals surface area contributed by atoms with Gasteiger partial charge in [-0.15, -0.1) is 0 Å². The molecule has 0 aliphatic carbocycles. The van der Waals surface area contributed by atoms with Gasteiger partial charge in [-0.1, -0.05) is 11.6 Å². The van der Waals surface area contributed by atoms with E-state index in [9.17, 15) is 9.18 Å². The summed E-state index contributed by atoms with van der Waals surface area (Å²) in [4.78, 5) is 16.1. The zero-order chi connectivity index (χ0) is 14.3. The Bertz CT molecular complexity index is 820. The number of halogens is 1. The van der Waals surface area contributed by atoms with Gasteiger partial charge >= 0.3 is 0 Å². The van der Waals surface area contributed by atoms with Crippen LogP contribution >= 0.6 is 0 Å². The number of carbonyl (C=O) groups is 1. The lowest BCUT2D eigenvalue weighted by atomic mass is 10.1. The summed E-state index contributed by atoms with van der Waals surface area (Å²) in [6, 6.07) is 6.88. The van der Waals surface area contributed by atoms with Gasteiger partial charge in [0.15, 0.2) is 5.76 Å². The third kappa shape index (κ3) is 1.99. The summed E-state index contributed by atoms with van der Waals surface area (Å²) in [6.07, 6.45) is 2.40. The van der Waals surface area contributed by atoms with Crippen molar-refractivity contribution in [1.29, 1.82) is 0 Å². The maximum atomic E-state index is 13.2. The van der Waals surface area contributed by atoms with Gasteiger partial charge in [0, 0.05) is 22.7 Å². The topological polar surface area (TPSA) is 43.1 Å². The van der Waals surface area contributed by atoms with Crippen LogP contribution in [0.4, 0.5) is 4.39 Å². The molecule has 3 nitrogen and oxygen atoms in total. The maximum absolute atomic E-state index is 13.2. The molecule has 0 N–H and O–H groups in total. The van der Waals surface area contributed by atoms with E-state index in [1.807, 2.05) is 32.0 Å². The zero-order valence-electron chi connectivity index (χ0n) is 11.1. The third-order valence-corrected chi connectivity index (χ3v) is 3.26. The fourth-order valence-corrected chi connectivity index (χ4v) is 2.22. The molecule has 0 radical (unpaired) electrons. The molecule has 4 heteroatoms. The number of fused-ring (bicyclic) bond motifs is 1. The van der Waals surface area contributed by atoms with Crippen molar-refractivity contribution >= 4 is 16.8 Å². The SMILES string of the molecule is Cc1ccc2oc(C(=O)c3cncc(F)c3)c(C)c2c1. The molecule has 0 saturated heterocycles. The molecule has 100 valence electrons. The van der Waals surface area contributed by atoms with Gasteiger partial charge in [0.2, 0.25) is 5.78 Å². The highest BCUT2D eigenvalue weighted by Gasteiger charge is 2.19. The van der Waals surface area contributed by atoms with Crippen molar-refractivity contribution in [3.63, 3.8) is 0 Å². The second-order valence-corrected chi connectivity index (χ2v) is 4.78. The lowest BCUT2D eigenvalue weighted by Crippen LogP contribution is -2.02. The van der Waals surface area contributed by atoms with E-state index in [2.05, 4.69) is 4.98 Å². The van der Waals surface area contributed by atoms with Crippen LogP contribution in [-0.2, 0) is 0 Å². The molecule has 2 aromatic heterocycles. The van der Waals surface area contributed by atoms with Crippen LogP contribution < -0.4 is 0 Å². The predicted molar refractivity (Wildman–Crippen MR) is 73.3 cm³/mol.